The van der Waals surface area contributed by atoms with Crippen LogP contribution in [-0.4, -0.2) is 13.0 Å². The monoisotopic (exact) mass is 244 g/mol. The van der Waals surface area contributed by atoms with Crippen LogP contribution in [0.2, 0.25) is 0 Å². The fourth-order valence-electron chi connectivity index (χ4n) is 0.726. The van der Waals surface area contributed by atoms with Crippen LogP contribution in [0, 0.1) is 0 Å². The summed E-state index contributed by atoms with van der Waals surface area (Å²) in [6.45, 7) is 6.72. The summed E-state index contributed by atoms with van der Waals surface area (Å²) in [5.74, 6) is 0. The van der Waals surface area contributed by atoms with E-state index in [4.69, 9.17) is 0 Å². The van der Waals surface area contributed by atoms with Crippen LogP contribution in [0.1, 0.15) is 5.56 Å². The van der Waals surface area contributed by atoms with Gasteiger partial charge in [-0.3, -0.25) is 0 Å². The smallest absolute Gasteiger partial charge is 0.744 e. The maximum absolute atomic E-state index is 10.2. The maximum Gasteiger partial charge on any atom is 1.00 e. The predicted octanol–water partition coefficient (Wildman–Crippen LogP) is -0.435. The van der Waals surface area contributed by atoms with Crippen LogP contribution >= 0.6 is 0 Å². The molecule has 17 heavy (non-hydrogen) atoms. The van der Waals surface area contributed by atoms with Gasteiger partial charge in [0.2, 0.25) is 0 Å². The summed E-state index contributed by atoms with van der Waals surface area (Å²) >= 11 is 0. The molecule has 0 atom stereocenters. The van der Waals surface area contributed by atoms with Crippen LogP contribution in [0.3, 0.4) is 0 Å². The Bertz CT molecular complexity index is 444. The summed E-state index contributed by atoms with van der Waals surface area (Å²) in [4.78, 5) is 0. The van der Waals surface area contributed by atoms with E-state index in [0.29, 0.717) is 11.0 Å². The van der Waals surface area contributed by atoms with Crippen LogP contribution in [-0.2, 0) is 10.1 Å². The summed E-state index contributed by atoms with van der Waals surface area (Å²) in [5.41, 5.74) is 0.692. The topological polar surface area (TPSA) is 57.2 Å². The number of rotatable bonds is 3. The van der Waals surface area contributed by atoms with E-state index in [1.807, 2.05) is 6.07 Å². The van der Waals surface area contributed by atoms with E-state index in [-0.39, 0.29) is 18.9 Å². The summed E-state index contributed by atoms with van der Waals surface area (Å²) in [6, 6.07) is 8.75. The Morgan fingerprint density at radius 1 is 1.06 bits per heavy atom. The molecule has 0 unspecified atom stereocenters. The molecular formula is C12H13LiO3S. The predicted molar refractivity (Wildman–Crippen MR) is 65.6 cm³/mol. The van der Waals surface area contributed by atoms with Gasteiger partial charge in [0.05, 0.1) is 0 Å². The molecular weight excluding hydrogens is 231 g/mol. The van der Waals surface area contributed by atoms with Gasteiger partial charge in [0.15, 0.2) is 0 Å². The minimum atomic E-state index is -4.25. The first kappa shape index (κ1) is 18.3. The van der Waals surface area contributed by atoms with Gasteiger partial charge in [-0.15, -0.1) is 0 Å². The SMILES string of the molecule is C=CC=C.O=S(=O)([O-])C=Cc1ccccc1.[Li+]. The van der Waals surface area contributed by atoms with Gasteiger partial charge in [0, 0.05) is 5.41 Å². The first-order valence-corrected chi connectivity index (χ1v) is 5.89. The molecule has 1 aromatic rings. The normalized spacial score (nSPS) is 9.71. The molecule has 0 saturated carbocycles. The van der Waals surface area contributed by atoms with Crippen molar-refractivity contribution in [3.8, 4) is 0 Å². The Labute approximate surface area is 114 Å². The summed E-state index contributed by atoms with van der Waals surface area (Å²) in [7, 11) is -4.25. The average molecular weight is 244 g/mol. The van der Waals surface area contributed by atoms with Crippen LogP contribution in [0.5, 0.6) is 0 Å². The van der Waals surface area contributed by atoms with Gasteiger partial charge in [0.1, 0.15) is 10.1 Å². The van der Waals surface area contributed by atoms with Crippen molar-refractivity contribution in [1.82, 2.24) is 0 Å². The first-order chi connectivity index (χ1) is 7.49. The van der Waals surface area contributed by atoms with Crippen LogP contribution in [0.15, 0.2) is 61.0 Å². The van der Waals surface area contributed by atoms with E-state index in [0.717, 1.165) is 0 Å². The van der Waals surface area contributed by atoms with Crippen LogP contribution < -0.4 is 18.9 Å². The second-order valence-corrected chi connectivity index (χ2v) is 3.94. The fourth-order valence-corrected chi connectivity index (χ4v) is 1.05. The Morgan fingerprint density at radius 2 is 1.53 bits per heavy atom. The zero-order chi connectivity index (χ0) is 12.4. The number of hydrogen-bond donors (Lipinski definition) is 0. The molecule has 0 aliphatic rings. The van der Waals surface area contributed by atoms with Crippen LogP contribution in [0.25, 0.3) is 6.08 Å². The van der Waals surface area contributed by atoms with Gasteiger partial charge in [-0.05, 0) is 11.6 Å². The molecule has 0 spiro atoms. The van der Waals surface area contributed by atoms with Gasteiger partial charge >= 0.3 is 18.9 Å². The van der Waals surface area contributed by atoms with E-state index in [9.17, 15) is 13.0 Å². The Hall–Kier alpha value is -1.05. The minimum Gasteiger partial charge on any atom is -0.744 e. The third-order valence-corrected chi connectivity index (χ3v) is 1.86. The van der Waals surface area contributed by atoms with Crippen molar-refractivity contribution in [2.75, 3.05) is 0 Å². The molecule has 0 N–H and O–H groups in total. The molecule has 3 nitrogen and oxygen atoms in total. The molecule has 1 aromatic carbocycles. The standard InChI is InChI=1S/C8H8O3S.C4H6.Li/c9-12(10,11)7-6-8-4-2-1-3-5-8;1-3-4-2;/h1-7H,(H,9,10,11);3-4H,1-2H2;/q;;+1/p-1. The minimum absolute atomic E-state index is 0. The third-order valence-electron chi connectivity index (χ3n) is 1.39. The van der Waals surface area contributed by atoms with E-state index in [1.54, 1.807) is 36.4 Å². The fraction of sp³-hybridized carbons (Fsp3) is 0. The molecule has 0 saturated heterocycles. The molecule has 0 aliphatic carbocycles. The summed E-state index contributed by atoms with van der Waals surface area (Å²) in [6.07, 6.45) is 4.54. The van der Waals surface area contributed by atoms with Crippen molar-refractivity contribution in [1.29, 1.82) is 0 Å². The van der Waals surface area contributed by atoms with E-state index < -0.39 is 10.1 Å². The van der Waals surface area contributed by atoms with Gasteiger partial charge in [0.25, 0.3) is 0 Å². The van der Waals surface area contributed by atoms with Gasteiger partial charge in [-0.25, -0.2) is 8.42 Å². The van der Waals surface area contributed by atoms with Crippen molar-refractivity contribution >= 4 is 16.2 Å². The number of allylic oxidation sites excluding steroid dienone is 2. The van der Waals surface area contributed by atoms with Crippen molar-refractivity contribution in [3.63, 3.8) is 0 Å². The van der Waals surface area contributed by atoms with E-state index in [1.165, 1.54) is 6.08 Å². The number of benzene rings is 1. The second kappa shape index (κ2) is 10.1. The molecule has 86 valence electrons. The second-order valence-electron chi connectivity index (χ2n) is 2.68. The molecule has 0 aromatic heterocycles. The molecule has 1 rings (SSSR count). The Kier molecular flexibility index (Phi) is 10.9. The molecule has 0 fully saturated rings. The summed E-state index contributed by atoms with van der Waals surface area (Å²) < 4.78 is 30.5. The van der Waals surface area contributed by atoms with Gasteiger partial charge in [-0.1, -0.05) is 55.6 Å². The maximum atomic E-state index is 10.2. The Morgan fingerprint density at radius 3 is 1.88 bits per heavy atom. The van der Waals surface area contributed by atoms with Crippen molar-refractivity contribution in [3.05, 3.63) is 66.6 Å². The summed E-state index contributed by atoms with van der Waals surface area (Å²) in [5, 5.41) is 0.641. The number of hydrogen-bond acceptors (Lipinski definition) is 3. The van der Waals surface area contributed by atoms with Crippen LogP contribution in [0.4, 0.5) is 0 Å². The molecule has 0 amide bonds. The van der Waals surface area contributed by atoms with Crippen molar-refractivity contribution < 1.29 is 31.8 Å². The molecule has 0 aliphatic heterocycles. The first-order valence-electron chi connectivity index (χ1n) is 4.42. The van der Waals surface area contributed by atoms with Gasteiger partial charge < -0.3 is 4.55 Å². The van der Waals surface area contributed by atoms with Crippen molar-refractivity contribution in [2.45, 2.75) is 0 Å². The van der Waals surface area contributed by atoms with E-state index >= 15 is 0 Å². The largest absolute Gasteiger partial charge is 1.00 e. The van der Waals surface area contributed by atoms with E-state index in [2.05, 4.69) is 13.2 Å². The molecule has 0 heterocycles. The van der Waals surface area contributed by atoms with Crippen molar-refractivity contribution in [2.24, 2.45) is 0 Å². The molecule has 0 bridgehead atoms. The molecule has 5 heteroatoms. The third kappa shape index (κ3) is 12.9. The molecule has 0 radical (unpaired) electrons. The average Bonchev–Trinajstić information content (AvgIpc) is 2.27. The zero-order valence-electron chi connectivity index (χ0n) is 9.74. The quantitative estimate of drug-likeness (QED) is 0.411. The Balaban J connectivity index is 0. The zero-order valence-corrected chi connectivity index (χ0v) is 10.6. The van der Waals surface area contributed by atoms with Gasteiger partial charge in [-0.2, -0.15) is 0 Å².